The molecule has 0 radical (unpaired) electrons. The fourth-order valence-electron chi connectivity index (χ4n) is 1.54. The largest absolute Gasteiger partial charge is 0.497 e. The van der Waals surface area contributed by atoms with Crippen LogP contribution in [0.1, 0.15) is 18.5 Å². The Morgan fingerprint density at radius 3 is 2.62 bits per heavy atom. The van der Waals surface area contributed by atoms with E-state index in [1.54, 1.807) is 24.4 Å². The third-order valence-corrected chi connectivity index (χ3v) is 2.56. The summed E-state index contributed by atoms with van der Waals surface area (Å²) in [5.41, 5.74) is 6.38. The Hall–Kier alpha value is -1.96. The molecule has 0 saturated carbocycles. The van der Waals surface area contributed by atoms with E-state index in [0.717, 1.165) is 0 Å². The van der Waals surface area contributed by atoms with Crippen molar-refractivity contribution in [3.8, 4) is 11.5 Å². The van der Waals surface area contributed by atoms with E-state index in [0.29, 0.717) is 17.1 Å². The molecule has 1 atom stereocenters. The van der Waals surface area contributed by atoms with Gasteiger partial charge in [-0.3, -0.25) is 4.79 Å². The first kappa shape index (κ1) is 17.1. The highest BCUT2D eigenvalue weighted by atomic mass is 19.4. The molecule has 1 rings (SSSR count). The van der Waals surface area contributed by atoms with Crippen molar-refractivity contribution < 1.29 is 27.4 Å². The standard InChI is InChI=1S/C13H17F3N2O3/c1-8(17)10-4-3-9(20-2)5-11(10)21-6-12(19)18-7-13(14,15)16/h3-5,8H,6-7,17H2,1-2H3,(H,18,19)/t8-/m1/s1. The van der Waals surface area contributed by atoms with Crippen molar-refractivity contribution in [2.75, 3.05) is 20.3 Å². The molecule has 0 unspecified atom stereocenters. The Kier molecular flexibility index (Phi) is 5.83. The highest BCUT2D eigenvalue weighted by Crippen LogP contribution is 2.28. The summed E-state index contributed by atoms with van der Waals surface area (Å²) in [6, 6.07) is 4.52. The summed E-state index contributed by atoms with van der Waals surface area (Å²) in [6.07, 6.45) is -4.46. The van der Waals surface area contributed by atoms with Gasteiger partial charge in [-0.25, -0.2) is 0 Å². The van der Waals surface area contributed by atoms with E-state index in [2.05, 4.69) is 0 Å². The monoisotopic (exact) mass is 306 g/mol. The Morgan fingerprint density at radius 1 is 1.43 bits per heavy atom. The number of alkyl halides is 3. The van der Waals surface area contributed by atoms with Crippen molar-refractivity contribution in [2.24, 2.45) is 5.73 Å². The van der Waals surface area contributed by atoms with Crippen LogP contribution in [-0.4, -0.2) is 32.3 Å². The first-order valence-corrected chi connectivity index (χ1v) is 6.12. The van der Waals surface area contributed by atoms with Gasteiger partial charge in [0.25, 0.3) is 5.91 Å². The van der Waals surface area contributed by atoms with Gasteiger partial charge in [-0.05, 0) is 13.0 Å². The quantitative estimate of drug-likeness (QED) is 0.840. The molecule has 0 bridgehead atoms. The molecule has 0 aliphatic rings. The number of carbonyl (C=O) groups is 1. The number of nitrogens with two attached hydrogens (primary N) is 1. The average Bonchev–Trinajstić information content (AvgIpc) is 2.41. The molecule has 5 nitrogen and oxygen atoms in total. The normalized spacial score (nSPS) is 12.7. The number of hydrogen-bond donors (Lipinski definition) is 2. The number of nitrogens with one attached hydrogen (secondary N) is 1. The summed E-state index contributed by atoms with van der Waals surface area (Å²) >= 11 is 0. The summed E-state index contributed by atoms with van der Waals surface area (Å²) in [5.74, 6) is -0.0811. The summed E-state index contributed by atoms with van der Waals surface area (Å²) in [6.45, 7) is -0.213. The van der Waals surface area contributed by atoms with Gasteiger partial charge in [-0.1, -0.05) is 6.07 Å². The molecule has 1 aromatic rings. The van der Waals surface area contributed by atoms with Crippen molar-refractivity contribution in [1.29, 1.82) is 0 Å². The van der Waals surface area contributed by atoms with Crippen LogP contribution in [0.3, 0.4) is 0 Å². The van der Waals surface area contributed by atoms with Crippen LogP contribution in [0.2, 0.25) is 0 Å². The predicted octanol–water partition coefficient (Wildman–Crippen LogP) is 1.77. The first-order valence-electron chi connectivity index (χ1n) is 6.12. The molecule has 0 fully saturated rings. The average molecular weight is 306 g/mol. The van der Waals surface area contributed by atoms with E-state index >= 15 is 0 Å². The molecular weight excluding hydrogens is 289 g/mol. The zero-order chi connectivity index (χ0) is 16.0. The second-order valence-corrected chi connectivity index (χ2v) is 4.37. The van der Waals surface area contributed by atoms with Crippen molar-refractivity contribution in [3.05, 3.63) is 23.8 Å². The molecule has 1 amide bonds. The van der Waals surface area contributed by atoms with Gasteiger partial charge in [0, 0.05) is 17.7 Å². The van der Waals surface area contributed by atoms with E-state index in [9.17, 15) is 18.0 Å². The van der Waals surface area contributed by atoms with Gasteiger partial charge in [0.1, 0.15) is 18.0 Å². The van der Waals surface area contributed by atoms with Gasteiger partial charge in [0.05, 0.1) is 7.11 Å². The fraction of sp³-hybridized carbons (Fsp3) is 0.462. The molecule has 0 heterocycles. The smallest absolute Gasteiger partial charge is 0.405 e. The summed E-state index contributed by atoms with van der Waals surface area (Å²) in [5, 5.41) is 1.72. The summed E-state index contributed by atoms with van der Waals surface area (Å²) in [7, 11) is 1.46. The lowest BCUT2D eigenvalue weighted by Crippen LogP contribution is -2.36. The fourth-order valence-corrected chi connectivity index (χ4v) is 1.54. The predicted molar refractivity (Wildman–Crippen MR) is 70.2 cm³/mol. The van der Waals surface area contributed by atoms with Crippen LogP contribution in [-0.2, 0) is 4.79 Å². The maximum absolute atomic E-state index is 12.0. The Morgan fingerprint density at radius 2 is 2.10 bits per heavy atom. The molecule has 0 spiro atoms. The SMILES string of the molecule is COc1ccc([C@@H](C)N)c(OCC(=O)NCC(F)(F)F)c1. The molecule has 8 heteroatoms. The summed E-state index contributed by atoms with van der Waals surface area (Å²) in [4.78, 5) is 11.3. The van der Waals surface area contributed by atoms with Crippen LogP contribution < -0.4 is 20.5 Å². The number of hydrogen-bond acceptors (Lipinski definition) is 4. The Labute approximate surface area is 120 Å². The van der Waals surface area contributed by atoms with E-state index < -0.39 is 25.2 Å². The molecule has 1 aromatic carbocycles. The first-order chi connectivity index (χ1) is 9.73. The van der Waals surface area contributed by atoms with E-state index in [4.69, 9.17) is 15.2 Å². The maximum atomic E-state index is 12.0. The van der Waals surface area contributed by atoms with E-state index in [1.807, 2.05) is 0 Å². The minimum Gasteiger partial charge on any atom is -0.497 e. The van der Waals surface area contributed by atoms with Gasteiger partial charge in [-0.2, -0.15) is 13.2 Å². The molecule has 0 aromatic heterocycles. The maximum Gasteiger partial charge on any atom is 0.405 e. The van der Waals surface area contributed by atoms with Crippen LogP contribution in [0.25, 0.3) is 0 Å². The van der Waals surface area contributed by atoms with Crippen LogP contribution in [0.15, 0.2) is 18.2 Å². The molecule has 3 N–H and O–H groups in total. The summed E-state index contributed by atoms with van der Waals surface area (Å²) < 4.78 is 46.1. The molecule has 0 aliphatic heterocycles. The second kappa shape index (κ2) is 7.16. The van der Waals surface area contributed by atoms with Gasteiger partial charge in [0.2, 0.25) is 0 Å². The molecule has 0 saturated heterocycles. The molecule has 0 aliphatic carbocycles. The van der Waals surface area contributed by atoms with E-state index in [1.165, 1.54) is 13.2 Å². The second-order valence-electron chi connectivity index (χ2n) is 4.37. The Balaban J connectivity index is 2.67. The highest BCUT2D eigenvalue weighted by molar-refractivity contribution is 5.77. The lowest BCUT2D eigenvalue weighted by Gasteiger charge is -2.15. The minimum absolute atomic E-state index is 0.298. The lowest BCUT2D eigenvalue weighted by molar-refractivity contribution is -0.139. The third kappa shape index (κ3) is 5.90. The van der Waals surface area contributed by atoms with Crippen molar-refractivity contribution in [1.82, 2.24) is 5.32 Å². The van der Waals surface area contributed by atoms with Gasteiger partial charge >= 0.3 is 6.18 Å². The molecular formula is C13H17F3N2O3. The number of methoxy groups -OCH3 is 1. The zero-order valence-corrected chi connectivity index (χ0v) is 11.7. The van der Waals surface area contributed by atoms with Crippen LogP contribution in [0.5, 0.6) is 11.5 Å². The number of carbonyl (C=O) groups excluding carboxylic acids is 1. The van der Waals surface area contributed by atoms with Crippen LogP contribution in [0, 0.1) is 0 Å². The van der Waals surface area contributed by atoms with Crippen LogP contribution >= 0.6 is 0 Å². The number of ether oxygens (including phenoxy) is 2. The molecule has 21 heavy (non-hydrogen) atoms. The van der Waals surface area contributed by atoms with Crippen LogP contribution in [0.4, 0.5) is 13.2 Å². The van der Waals surface area contributed by atoms with Gasteiger partial charge in [-0.15, -0.1) is 0 Å². The lowest BCUT2D eigenvalue weighted by atomic mass is 10.1. The van der Waals surface area contributed by atoms with Gasteiger partial charge < -0.3 is 20.5 Å². The topological polar surface area (TPSA) is 73.6 Å². The minimum atomic E-state index is -4.46. The number of benzene rings is 1. The van der Waals surface area contributed by atoms with Gasteiger partial charge in [0.15, 0.2) is 6.61 Å². The Bertz CT molecular complexity index is 490. The number of halogens is 3. The molecule has 118 valence electrons. The number of amides is 1. The zero-order valence-electron chi connectivity index (χ0n) is 11.7. The highest BCUT2D eigenvalue weighted by Gasteiger charge is 2.27. The van der Waals surface area contributed by atoms with Crippen molar-refractivity contribution >= 4 is 5.91 Å². The third-order valence-electron chi connectivity index (χ3n) is 2.56. The number of rotatable bonds is 6. The van der Waals surface area contributed by atoms with Crippen molar-refractivity contribution in [3.63, 3.8) is 0 Å². The van der Waals surface area contributed by atoms with E-state index in [-0.39, 0.29) is 6.04 Å². The van der Waals surface area contributed by atoms with Crippen molar-refractivity contribution in [2.45, 2.75) is 19.1 Å².